The molecule has 3 rings (SSSR count). The van der Waals surface area contributed by atoms with Crippen LogP contribution in [0, 0.1) is 5.82 Å². The monoisotopic (exact) mass is 410 g/mol. The van der Waals surface area contributed by atoms with Gasteiger partial charge >= 0.3 is 0 Å². The lowest BCUT2D eigenvalue weighted by molar-refractivity contribution is 0.145. The SMILES string of the molecule is CCS(=O)(=O)c1ccc(-c2cc(C(F)F)nn2-c2ccc(OC)c(F)c2)cc1. The Morgan fingerprint density at radius 2 is 1.79 bits per heavy atom. The minimum absolute atomic E-state index is 0.0145. The third-order valence-corrected chi connectivity index (χ3v) is 5.97. The Morgan fingerprint density at radius 1 is 1.11 bits per heavy atom. The number of aromatic nitrogens is 2. The highest BCUT2D eigenvalue weighted by atomic mass is 32.2. The number of hydrogen-bond acceptors (Lipinski definition) is 4. The number of alkyl halides is 2. The highest BCUT2D eigenvalue weighted by Gasteiger charge is 2.19. The Labute approximate surface area is 160 Å². The van der Waals surface area contributed by atoms with E-state index in [-0.39, 0.29) is 27.8 Å². The second-order valence-corrected chi connectivity index (χ2v) is 8.19. The Balaban J connectivity index is 2.12. The molecule has 0 amide bonds. The number of benzene rings is 2. The van der Waals surface area contributed by atoms with Gasteiger partial charge in [-0.3, -0.25) is 0 Å². The number of nitrogens with zero attached hydrogens (tertiary/aromatic N) is 2. The molecule has 148 valence electrons. The van der Waals surface area contributed by atoms with Crippen molar-refractivity contribution < 1.29 is 26.3 Å². The summed E-state index contributed by atoms with van der Waals surface area (Å²) in [7, 11) is -2.07. The third kappa shape index (κ3) is 3.75. The molecule has 0 radical (unpaired) electrons. The van der Waals surface area contributed by atoms with Crippen LogP contribution < -0.4 is 4.74 Å². The lowest BCUT2D eigenvalue weighted by Gasteiger charge is -2.10. The van der Waals surface area contributed by atoms with E-state index in [4.69, 9.17) is 4.74 Å². The standard InChI is InChI=1S/C19H17F3N2O3S/c1-3-28(25,26)14-7-4-12(5-8-14)17-11-16(19(21)22)23-24(17)13-6-9-18(27-2)15(20)10-13/h4-11,19H,3H2,1-2H3. The molecule has 2 aromatic carbocycles. The Kier molecular flexibility index (Phi) is 5.46. The topological polar surface area (TPSA) is 61.2 Å². The van der Waals surface area contributed by atoms with E-state index in [9.17, 15) is 21.6 Å². The van der Waals surface area contributed by atoms with Gasteiger partial charge in [-0.25, -0.2) is 26.3 Å². The zero-order valence-corrected chi connectivity index (χ0v) is 15.9. The first kappa shape index (κ1) is 19.9. The predicted molar refractivity (Wildman–Crippen MR) is 98.2 cm³/mol. The molecule has 0 saturated heterocycles. The van der Waals surface area contributed by atoms with Gasteiger partial charge in [0.25, 0.3) is 6.43 Å². The number of methoxy groups -OCH3 is 1. The van der Waals surface area contributed by atoms with Crippen LogP contribution in [0.15, 0.2) is 53.4 Å². The molecule has 0 spiro atoms. The van der Waals surface area contributed by atoms with E-state index >= 15 is 0 Å². The molecule has 0 unspecified atom stereocenters. The third-order valence-electron chi connectivity index (χ3n) is 4.22. The van der Waals surface area contributed by atoms with Crippen molar-refractivity contribution in [2.24, 2.45) is 0 Å². The zero-order valence-electron chi connectivity index (χ0n) is 15.1. The normalized spacial score (nSPS) is 11.8. The van der Waals surface area contributed by atoms with E-state index in [2.05, 4.69) is 5.10 Å². The summed E-state index contributed by atoms with van der Waals surface area (Å²) < 4.78 is 70.5. The highest BCUT2D eigenvalue weighted by Crippen LogP contribution is 2.30. The van der Waals surface area contributed by atoms with Crippen LogP contribution in [-0.4, -0.2) is 31.1 Å². The van der Waals surface area contributed by atoms with Crippen molar-refractivity contribution in [3.05, 3.63) is 60.0 Å². The fourth-order valence-corrected chi connectivity index (χ4v) is 3.58. The smallest absolute Gasteiger partial charge is 0.282 e. The van der Waals surface area contributed by atoms with Gasteiger partial charge in [0.1, 0.15) is 5.69 Å². The minimum atomic E-state index is -3.39. The van der Waals surface area contributed by atoms with Gasteiger partial charge in [-0.1, -0.05) is 19.1 Å². The van der Waals surface area contributed by atoms with Gasteiger partial charge in [0.15, 0.2) is 21.4 Å². The fraction of sp³-hybridized carbons (Fsp3) is 0.211. The minimum Gasteiger partial charge on any atom is -0.494 e. The van der Waals surface area contributed by atoms with E-state index in [1.165, 1.54) is 61.2 Å². The van der Waals surface area contributed by atoms with Gasteiger partial charge in [-0.15, -0.1) is 0 Å². The van der Waals surface area contributed by atoms with Crippen molar-refractivity contribution in [1.82, 2.24) is 9.78 Å². The molecule has 28 heavy (non-hydrogen) atoms. The molecule has 5 nitrogen and oxygen atoms in total. The van der Waals surface area contributed by atoms with Crippen LogP contribution in [0.25, 0.3) is 16.9 Å². The molecule has 0 fully saturated rings. The van der Waals surface area contributed by atoms with Crippen molar-refractivity contribution >= 4 is 9.84 Å². The molecule has 0 aliphatic carbocycles. The fourth-order valence-electron chi connectivity index (χ4n) is 2.70. The largest absolute Gasteiger partial charge is 0.494 e. The Bertz CT molecular complexity index is 1090. The summed E-state index contributed by atoms with van der Waals surface area (Å²) in [5.74, 6) is -0.699. The highest BCUT2D eigenvalue weighted by molar-refractivity contribution is 7.91. The van der Waals surface area contributed by atoms with Crippen LogP contribution in [0.1, 0.15) is 19.0 Å². The quantitative estimate of drug-likeness (QED) is 0.604. The van der Waals surface area contributed by atoms with Crippen LogP contribution in [0.4, 0.5) is 13.2 Å². The number of rotatable bonds is 6. The van der Waals surface area contributed by atoms with Crippen molar-refractivity contribution in [1.29, 1.82) is 0 Å². The zero-order chi connectivity index (χ0) is 20.5. The van der Waals surface area contributed by atoms with Crippen LogP contribution in [-0.2, 0) is 9.84 Å². The summed E-state index contributed by atoms with van der Waals surface area (Å²) in [6.45, 7) is 1.53. The summed E-state index contributed by atoms with van der Waals surface area (Å²) >= 11 is 0. The Morgan fingerprint density at radius 3 is 2.32 bits per heavy atom. The first-order valence-corrected chi connectivity index (χ1v) is 9.97. The molecule has 1 aromatic heterocycles. The van der Waals surface area contributed by atoms with E-state index in [0.29, 0.717) is 5.56 Å². The van der Waals surface area contributed by atoms with Gasteiger partial charge in [-0.2, -0.15) is 5.10 Å². The maximum atomic E-state index is 14.1. The first-order chi connectivity index (χ1) is 13.3. The summed E-state index contributed by atoms with van der Waals surface area (Å²) in [5, 5.41) is 3.88. The molecular formula is C19H17F3N2O3S. The molecule has 9 heteroatoms. The van der Waals surface area contributed by atoms with E-state index in [1.807, 2.05) is 0 Å². The summed E-state index contributed by atoms with van der Waals surface area (Å²) in [6.07, 6.45) is -2.82. The molecule has 0 saturated carbocycles. The van der Waals surface area contributed by atoms with Crippen LogP contribution >= 0.6 is 0 Å². The van der Waals surface area contributed by atoms with Crippen LogP contribution in [0.3, 0.4) is 0 Å². The molecule has 0 aliphatic heterocycles. The Hall–Kier alpha value is -2.81. The summed E-state index contributed by atoms with van der Waals surface area (Å²) in [6, 6.07) is 11.0. The van der Waals surface area contributed by atoms with Gasteiger partial charge < -0.3 is 4.74 Å². The van der Waals surface area contributed by atoms with Crippen LogP contribution in [0.2, 0.25) is 0 Å². The molecule has 3 aromatic rings. The first-order valence-electron chi connectivity index (χ1n) is 8.32. The average Bonchev–Trinajstić information content (AvgIpc) is 3.14. The second-order valence-electron chi connectivity index (χ2n) is 5.91. The lowest BCUT2D eigenvalue weighted by atomic mass is 10.1. The molecular weight excluding hydrogens is 393 g/mol. The maximum Gasteiger partial charge on any atom is 0.282 e. The van der Waals surface area contributed by atoms with Crippen molar-refractivity contribution in [3.63, 3.8) is 0 Å². The number of ether oxygens (including phenoxy) is 1. The number of sulfone groups is 1. The van der Waals surface area contributed by atoms with Crippen molar-refractivity contribution in [2.75, 3.05) is 12.9 Å². The average molecular weight is 410 g/mol. The molecule has 0 N–H and O–H groups in total. The van der Waals surface area contributed by atoms with Gasteiger partial charge in [-0.05, 0) is 30.3 Å². The molecule has 1 heterocycles. The summed E-state index contributed by atoms with van der Waals surface area (Å²) in [4.78, 5) is 0.134. The number of halogens is 3. The second kappa shape index (κ2) is 7.67. The predicted octanol–water partition coefficient (Wildman–Crippen LogP) is 4.42. The number of hydrogen-bond donors (Lipinski definition) is 0. The molecule has 0 aliphatic rings. The van der Waals surface area contributed by atoms with Gasteiger partial charge in [0, 0.05) is 11.6 Å². The maximum absolute atomic E-state index is 14.1. The van der Waals surface area contributed by atoms with Gasteiger partial charge in [0.2, 0.25) is 0 Å². The van der Waals surface area contributed by atoms with E-state index < -0.39 is 27.8 Å². The van der Waals surface area contributed by atoms with Crippen molar-refractivity contribution in [2.45, 2.75) is 18.2 Å². The molecule has 0 atom stereocenters. The summed E-state index contributed by atoms with van der Waals surface area (Å²) in [5.41, 5.74) is 0.493. The van der Waals surface area contributed by atoms with Crippen molar-refractivity contribution in [3.8, 4) is 22.7 Å². The van der Waals surface area contributed by atoms with Gasteiger partial charge in [0.05, 0.1) is 29.1 Å². The van der Waals surface area contributed by atoms with Crippen LogP contribution in [0.5, 0.6) is 5.75 Å². The lowest BCUT2D eigenvalue weighted by Crippen LogP contribution is -2.04. The molecule has 0 bridgehead atoms. The van der Waals surface area contributed by atoms with E-state index in [1.54, 1.807) is 0 Å². The van der Waals surface area contributed by atoms with E-state index in [0.717, 1.165) is 6.07 Å².